The Hall–Kier alpha value is -3.11. The van der Waals surface area contributed by atoms with E-state index in [1.807, 2.05) is 40.8 Å². The van der Waals surface area contributed by atoms with Crippen LogP contribution in [0.3, 0.4) is 0 Å². The Morgan fingerprint density at radius 1 is 1.27 bits per heavy atom. The van der Waals surface area contributed by atoms with Crippen molar-refractivity contribution in [2.24, 2.45) is 0 Å². The molecule has 0 aromatic heterocycles. The van der Waals surface area contributed by atoms with E-state index >= 15 is 0 Å². The van der Waals surface area contributed by atoms with Crippen molar-refractivity contribution in [3.05, 3.63) is 52.9 Å². The number of carbonyl (C=O) groups is 1. The van der Waals surface area contributed by atoms with Gasteiger partial charge in [0, 0.05) is 37.1 Å². The minimum atomic E-state index is -0.866. The summed E-state index contributed by atoms with van der Waals surface area (Å²) in [6.45, 7) is 8.38. The SMILES string of the molecule is CC.CC.CNCc1cc(C2=CC(C(=O)NC3=C(F)CNC=C3F)NN2C)c(OC)cc1N. The van der Waals surface area contributed by atoms with Gasteiger partial charge in [-0.3, -0.25) is 4.79 Å². The number of nitrogens with two attached hydrogens (primary N) is 1. The molecule has 8 nitrogen and oxygen atoms in total. The Labute approximate surface area is 194 Å². The highest BCUT2D eigenvalue weighted by Crippen LogP contribution is 2.34. The van der Waals surface area contributed by atoms with Crippen LogP contribution in [0.25, 0.3) is 5.70 Å². The van der Waals surface area contributed by atoms with Crippen LogP contribution in [0.4, 0.5) is 14.5 Å². The maximum Gasteiger partial charge on any atom is 0.247 e. The number of allylic oxidation sites excluding steroid dienone is 1. The summed E-state index contributed by atoms with van der Waals surface area (Å²) in [5.41, 5.74) is 11.4. The Balaban J connectivity index is 0.00000129. The summed E-state index contributed by atoms with van der Waals surface area (Å²) < 4.78 is 33.1. The van der Waals surface area contributed by atoms with Crippen molar-refractivity contribution in [1.29, 1.82) is 0 Å². The van der Waals surface area contributed by atoms with E-state index in [9.17, 15) is 13.6 Å². The smallest absolute Gasteiger partial charge is 0.247 e. The van der Waals surface area contributed by atoms with Crippen molar-refractivity contribution in [2.75, 3.05) is 33.5 Å². The van der Waals surface area contributed by atoms with E-state index in [2.05, 4.69) is 21.4 Å². The van der Waals surface area contributed by atoms with Gasteiger partial charge in [0.1, 0.15) is 23.3 Å². The molecule has 0 bridgehead atoms. The normalized spacial score (nSPS) is 17.0. The van der Waals surface area contributed by atoms with Crippen LogP contribution < -0.4 is 31.8 Å². The van der Waals surface area contributed by atoms with Crippen LogP contribution in [-0.4, -0.2) is 44.7 Å². The number of nitrogens with one attached hydrogen (secondary N) is 4. The van der Waals surface area contributed by atoms with Gasteiger partial charge in [-0.25, -0.2) is 14.2 Å². The standard InChI is InChI=1S/C19H24F2N6O2.2C2H6/c1-23-7-10-4-11(17(29-3)5-14(10)22)16-6-15(26-27(16)2)19(28)25-18-12(20)8-24-9-13(18)21;2*1-2/h4-6,8,15,23-24,26H,7,9,22H2,1-3H3,(H,25,28);2*1-2H3. The Bertz CT molecular complexity index is 914. The highest BCUT2D eigenvalue weighted by atomic mass is 19.1. The number of rotatable bonds is 6. The maximum absolute atomic E-state index is 13.9. The lowest BCUT2D eigenvalue weighted by Gasteiger charge is -2.21. The first-order valence-electron chi connectivity index (χ1n) is 11.0. The fourth-order valence-electron chi connectivity index (χ4n) is 3.19. The Kier molecular flexibility index (Phi) is 11.4. The van der Waals surface area contributed by atoms with Gasteiger partial charge in [-0.05, 0) is 24.8 Å². The fraction of sp³-hybridized carbons (Fsp3) is 0.435. The van der Waals surface area contributed by atoms with Crippen LogP contribution in [0.5, 0.6) is 5.75 Å². The molecule has 0 saturated heterocycles. The molecule has 1 aromatic carbocycles. The van der Waals surface area contributed by atoms with E-state index in [1.165, 1.54) is 7.11 Å². The number of halogens is 2. The molecule has 1 amide bonds. The third kappa shape index (κ3) is 6.69. The number of hydrazine groups is 1. The van der Waals surface area contributed by atoms with Crippen molar-refractivity contribution in [2.45, 2.75) is 40.3 Å². The maximum atomic E-state index is 13.9. The number of nitrogens with zero attached hydrogens (tertiary/aromatic N) is 1. The van der Waals surface area contributed by atoms with E-state index in [4.69, 9.17) is 10.5 Å². The number of anilines is 1. The van der Waals surface area contributed by atoms with Gasteiger partial charge in [-0.2, -0.15) is 0 Å². The second kappa shape index (κ2) is 13.4. The van der Waals surface area contributed by atoms with Crippen molar-refractivity contribution >= 4 is 17.3 Å². The predicted molar refractivity (Wildman–Crippen MR) is 129 cm³/mol. The Morgan fingerprint density at radius 2 is 1.94 bits per heavy atom. The summed E-state index contributed by atoms with van der Waals surface area (Å²) in [4.78, 5) is 12.6. The molecule has 1 aromatic rings. The van der Waals surface area contributed by atoms with Gasteiger partial charge >= 0.3 is 0 Å². The van der Waals surface area contributed by atoms with Gasteiger partial charge < -0.3 is 31.4 Å². The van der Waals surface area contributed by atoms with Crippen LogP contribution in [0.15, 0.2) is 41.8 Å². The largest absolute Gasteiger partial charge is 0.496 e. The summed E-state index contributed by atoms with van der Waals surface area (Å²) in [6, 6.07) is 2.78. The lowest BCUT2D eigenvalue weighted by atomic mass is 10.0. The van der Waals surface area contributed by atoms with Crippen LogP contribution in [0.1, 0.15) is 38.8 Å². The lowest BCUT2D eigenvalue weighted by Crippen LogP contribution is -2.44. The molecule has 1 unspecified atom stereocenters. The van der Waals surface area contributed by atoms with Gasteiger partial charge in [-0.15, -0.1) is 0 Å². The zero-order valence-electron chi connectivity index (χ0n) is 20.4. The van der Waals surface area contributed by atoms with Crippen LogP contribution in [-0.2, 0) is 11.3 Å². The number of amides is 1. The molecule has 2 aliphatic rings. The minimum Gasteiger partial charge on any atom is -0.496 e. The minimum absolute atomic E-state index is 0.182. The summed E-state index contributed by atoms with van der Waals surface area (Å²) in [5, 5.41) is 9.45. The summed E-state index contributed by atoms with van der Waals surface area (Å²) in [5.74, 6) is -1.68. The van der Waals surface area contributed by atoms with Crippen molar-refractivity contribution < 1.29 is 18.3 Å². The average Bonchev–Trinajstić information content (AvgIpc) is 3.21. The van der Waals surface area contributed by atoms with Crippen LogP contribution in [0, 0.1) is 0 Å². The number of ether oxygens (including phenoxy) is 1. The van der Waals surface area contributed by atoms with Gasteiger partial charge in [-0.1, -0.05) is 27.7 Å². The van der Waals surface area contributed by atoms with E-state index in [1.54, 1.807) is 24.2 Å². The molecule has 2 heterocycles. The zero-order chi connectivity index (χ0) is 25.1. The third-order valence-electron chi connectivity index (χ3n) is 4.65. The molecular formula is C23H36F2N6O2. The molecular weight excluding hydrogens is 430 g/mol. The molecule has 184 valence electrons. The molecule has 0 aliphatic carbocycles. The highest BCUT2D eigenvalue weighted by Gasteiger charge is 2.30. The molecule has 6 N–H and O–H groups in total. The topological polar surface area (TPSA) is 104 Å². The molecule has 0 spiro atoms. The molecule has 2 aliphatic heterocycles. The first-order chi connectivity index (χ1) is 15.8. The zero-order valence-corrected chi connectivity index (χ0v) is 20.4. The van der Waals surface area contributed by atoms with E-state index in [-0.39, 0.29) is 6.54 Å². The van der Waals surface area contributed by atoms with Gasteiger partial charge in [0.05, 0.1) is 19.4 Å². The van der Waals surface area contributed by atoms with Crippen molar-refractivity contribution in [3.63, 3.8) is 0 Å². The first-order valence-corrected chi connectivity index (χ1v) is 11.0. The molecule has 0 radical (unpaired) electrons. The van der Waals surface area contributed by atoms with Crippen LogP contribution >= 0.6 is 0 Å². The number of nitrogen functional groups attached to an aromatic ring is 1. The molecule has 3 rings (SSSR count). The van der Waals surface area contributed by atoms with E-state index in [0.29, 0.717) is 23.7 Å². The monoisotopic (exact) mass is 466 g/mol. The number of hydrogen-bond donors (Lipinski definition) is 5. The average molecular weight is 467 g/mol. The third-order valence-corrected chi connectivity index (χ3v) is 4.65. The molecule has 10 heteroatoms. The Morgan fingerprint density at radius 3 is 2.52 bits per heavy atom. The molecule has 33 heavy (non-hydrogen) atoms. The molecule has 0 saturated carbocycles. The first kappa shape index (κ1) is 27.9. The van der Waals surface area contributed by atoms with Gasteiger partial charge in [0.2, 0.25) is 5.91 Å². The van der Waals surface area contributed by atoms with Crippen LogP contribution in [0.2, 0.25) is 0 Å². The van der Waals surface area contributed by atoms with Gasteiger partial charge in [0.25, 0.3) is 0 Å². The summed E-state index contributed by atoms with van der Waals surface area (Å²) in [7, 11) is 5.08. The number of benzene rings is 1. The fourth-order valence-corrected chi connectivity index (χ4v) is 3.19. The summed E-state index contributed by atoms with van der Waals surface area (Å²) in [6.07, 6.45) is 2.67. The molecule has 1 atom stereocenters. The quantitative estimate of drug-likeness (QED) is 0.411. The number of dihydropyridines is 1. The highest BCUT2D eigenvalue weighted by molar-refractivity contribution is 5.90. The van der Waals surface area contributed by atoms with Crippen molar-refractivity contribution in [3.8, 4) is 5.75 Å². The lowest BCUT2D eigenvalue weighted by molar-refractivity contribution is -0.121. The van der Waals surface area contributed by atoms with E-state index < -0.39 is 29.3 Å². The molecule has 0 fully saturated rings. The second-order valence-corrected chi connectivity index (χ2v) is 6.64. The number of carbonyl (C=O) groups excluding carboxylic acids is 1. The second-order valence-electron chi connectivity index (χ2n) is 6.64. The number of hydrogen-bond acceptors (Lipinski definition) is 7. The van der Waals surface area contributed by atoms with Gasteiger partial charge in [0.15, 0.2) is 5.83 Å². The van der Waals surface area contributed by atoms with E-state index in [0.717, 1.165) is 17.3 Å². The number of methoxy groups -OCH3 is 1. The summed E-state index contributed by atoms with van der Waals surface area (Å²) >= 11 is 0. The predicted octanol–water partition coefficient (Wildman–Crippen LogP) is 2.92. The van der Waals surface area contributed by atoms with Crippen molar-refractivity contribution in [1.82, 2.24) is 26.4 Å².